The van der Waals surface area contributed by atoms with E-state index in [1.54, 1.807) is 31.3 Å². The normalized spacial score (nSPS) is 14.7. The summed E-state index contributed by atoms with van der Waals surface area (Å²) >= 11 is 6.67. The second-order valence-corrected chi connectivity index (χ2v) is 9.55. The monoisotopic (exact) mass is 484 g/mol. The molecule has 1 saturated heterocycles. The summed E-state index contributed by atoms with van der Waals surface area (Å²) in [5, 5.41) is 3.00. The smallest absolute Gasteiger partial charge is 0.266 e. The molecule has 1 fully saturated rings. The first kappa shape index (κ1) is 24.8. The van der Waals surface area contributed by atoms with E-state index in [2.05, 4.69) is 5.32 Å². The number of carbonyl (C=O) groups is 2. The molecular weight excluding hydrogens is 456 g/mol. The van der Waals surface area contributed by atoms with Crippen molar-refractivity contribution in [1.82, 2.24) is 4.90 Å². The summed E-state index contributed by atoms with van der Waals surface area (Å²) in [6, 6.07) is 9.56. The summed E-state index contributed by atoms with van der Waals surface area (Å²) in [4.78, 5) is 27.5. The lowest BCUT2D eigenvalue weighted by Gasteiger charge is -2.15. The third-order valence-electron chi connectivity index (χ3n) is 5.31. The number of hydrogen-bond donors (Lipinski definition) is 1. The van der Waals surface area contributed by atoms with E-state index in [-0.39, 0.29) is 11.8 Å². The summed E-state index contributed by atoms with van der Waals surface area (Å²) in [5.74, 6) is 0.991. The molecular formula is C25H28N2O4S2. The van der Waals surface area contributed by atoms with Gasteiger partial charge in [0, 0.05) is 18.7 Å². The molecule has 0 saturated carbocycles. The van der Waals surface area contributed by atoms with Crippen molar-refractivity contribution < 1.29 is 19.1 Å². The summed E-state index contributed by atoms with van der Waals surface area (Å²) in [6.07, 6.45) is 2.61. The fourth-order valence-corrected chi connectivity index (χ4v) is 5.07. The van der Waals surface area contributed by atoms with Crippen molar-refractivity contribution in [1.29, 1.82) is 0 Å². The number of carbonyl (C=O) groups excluding carboxylic acids is 2. The highest BCUT2D eigenvalue weighted by Crippen LogP contribution is 2.34. The molecule has 2 aromatic carbocycles. The van der Waals surface area contributed by atoms with Crippen LogP contribution in [0.4, 0.5) is 5.69 Å². The number of methoxy groups -OCH3 is 2. The zero-order valence-electron chi connectivity index (χ0n) is 19.5. The second-order valence-electron chi connectivity index (χ2n) is 7.87. The number of amides is 2. The molecule has 33 heavy (non-hydrogen) atoms. The Balaban J connectivity index is 1.59. The number of nitrogens with zero attached hydrogens (tertiary/aromatic N) is 1. The van der Waals surface area contributed by atoms with Crippen molar-refractivity contribution in [3.05, 3.63) is 57.5 Å². The fourth-order valence-electron chi connectivity index (χ4n) is 3.76. The molecule has 2 amide bonds. The van der Waals surface area contributed by atoms with Crippen LogP contribution in [0, 0.1) is 20.8 Å². The first-order chi connectivity index (χ1) is 15.7. The van der Waals surface area contributed by atoms with Gasteiger partial charge in [-0.05, 0) is 62.1 Å². The van der Waals surface area contributed by atoms with Crippen molar-refractivity contribution in [2.75, 3.05) is 26.1 Å². The van der Waals surface area contributed by atoms with Crippen molar-refractivity contribution in [3.8, 4) is 11.5 Å². The summed E-state index contributed by atoms with van der Waals surface area (Å²) in [7, 11) is 3.14. The van der Waals surface area contributed by atoms with E-state index >= 15 is 0 Å². The number of benzene rings is 2. The second kappa shape index (κ2) is 10.9. The number of nitrogens with one attached hydrogen (secondary N) is 1. The van der Waals surface area contributed by atoms with Gasteiger partial charge < -0.3 is 14.8 Å². The Morgan fingerprint density at radius 1 is 1.09 bits per heavy atom. The van der Waals surface area contributed by atoms with Gasteiger partial charge >= 0.3 is 0 Å². The third-order valence-corrected chi connectivity index (χ3v) is 6.68. The molecule has 6 nitrogen and oxygen atoms in total. The molecule has 174 valence electrons. The van der Waals surface area contributed by atoms with Gasteiger partial charge in [-0.25, -0.2) is 0 Å². The van der Waals surface area contributed by atoms with Crippen LogP contribution in [-0.4, -0.2) is 41.8 Å². The lowest BCUT2D eigenvalue weighted by molar-refractivity contribution is -0.122. The van der Waals surface area contributed by atoms with Crippen LogP contribution in [0.15, 0.2) is 35.2 Å². The van der Waals surface area contributed by atoms with Gasteiger partial charge in [0.15, 0.2) is 11.5 Å². The molecule has 0 bridgehead atoms. The lowest BCUT2D eigenvalue weighted by atomic mass is 10.0. The highest BCUT2D eigenvalue weighted by Gasteiger charge is 2.31. The Labute approximate surface area is 204 Å². The van der Waals surface area contributed by atoms with E-state index in [1.165, 1.54) is 17.3 Å². The van der Waals surface area contributed by atoms with E-state index in [9.17, 15) is 9.59 Å². The summed E-state index contributed by atoms with van der Waals surface area (Å²) in [5.41, 5.74) is 4.92. The molecule has 1 heterocycles. The average Bonchev–Trinajstić information content (AvgIpc) is 3.03. The summed E-state index contributed by atoms with van der Waals surface area (Å²) in [6.45, 7) is 6.40. The molecule has 0 aromatic heterocycles. The Morgan fingerprint density at radius 2 is 1.76 bits per heavy atom. The first-order valence-electron chi connectivity index (χ1n) is 10.6. The van der Waals surface area contributed by atoms with Crippen LogP contribution in [0.2, 0.25) is 0 Å². The molecule has 1 aliphatic rings. The maximum absolute atomic E-state index is 12.9. The van der Waals surface area contributed by atoms with Gasteiger partial charge in [0.2, 0.25) is 5.91 Å². The molecule has 3 rings (SSSR count). The van der Waals surface area contributed by atoms with Gasteiger partial charge in [0.25, 0.3) is 5.91 Å². The van der Waals surface area contributed by atoms with E-state index < -0.39 is 0 Å². The van der Waals surface area contributed by atoms with Gasteiger partial charge in [-0.1, -0.05) is 47.7 Å². The minimum absolute atomic E-state index is 0.0728. The Hall–Kier alpha value is -2.84. The van der Waals surface area contributed by atoms with Gasteiger partial charge in [0.1, 0.15) is 4.32 Å². The van der Waals surface area contributed by atoms with Crippen molar-refractivity contribution in [2.45, 2.75) is 33.6 Å². The summed E-state index contributed by atoms with van der Waals surface area (Å²) < 4.78 is 11.1. The number of thiocarbonyl (C=S) groups is 1. The van der Waals surface area contributed by atoms with Crippen LogP contribution in [0.25, 0.3) is 6.08 Å². The van der Waals surface area contributed by atoms with Crippen LogP contribution in [0.3, 0.4) is 0 Å². The van der Waals surface area contributed by atoms with E-state index in [1.807, 2.05) is 45.0 Å². The average molecular weight is 485 g/mol. The lowest BCUT2D eigenvalue weighted by Crippen LogP contribution is -2.29. The Kier molecular flexibility index (Phi) is 8.15. The molecule has 1 aliphatic heterocycles. The molecule has 8 heteroatoms. The van der Waals surface area contributed by atoms with Crippen LogP contribution < -0.4 is 14.8 Å². The minimum atomic E-state index is -0.148. The highest BCUT2D eigenvalue weighted by molar-refractivity contribution is 8.26. The highest BCUT2D eigenvalue weighted by atomic mass is 32.2. The SMILES string of the molecule is COc1ccc(/C=C2\SC(=S)N(CCCC(=O)Nc3c(C)cc(C)cc3C)C2=O)cc1OC. The molecule has 0 aliphatic carbocycles. The molecule has 0 radical (unpaired) electrons. The number of aryl methyl sites for hydroxylation is 3. The first-order valence-corrected chi connectivity index (χ1v) is 11.8. The zero-order chi connectivity index (χ0) is 24.1. The molecule has 0 atom stereocenters. The molecule has 0 unspecified atom stereocenters. The van der Waals surface area contributed by atoms with Crippen LogP contribution >= 0.6 is 24.0 Å². The van der Waals surface area contributed by atoms with Crippen molar-refractivity contribution in [3.63, 3.8) is 0 Å². The standard InChI is InChI=1S/C25H28N2O4S2/c1-15-11-16(2)23(17(3)12-15)26-22(28)7-6-10-27-24(29)21(33-25(27)32)14-18-8-9-19(30-4)20(13-18)31-5/h8-9,11-14H,6-7,10H2,1-5H3,(H,26,28)/b21-14-. The largest absolute Gasteiger partial charge is 0.493 e. The van der Waals surface area contributed by atoms with Gasteiger partial charge in [-0.15, -0.1) is 0 Å². The number of rotatable bonds is 8. The van der Waals surface area contributed by atoms with Crippen LogP contribution in [0.5, 0.6) is 11.5 Å². The van der Waals surface area contributed by atoms with Crippen molar-refractivity contribution in [2.24, 2.45) is 0 Å². The third kappa shape index (κ3) is 5.94. The van der Waals surface area contributed by atoms with Crippen LogP contribution in [-0.2, 0) is 9.59 Å². The van der Waals surface area contributed by atoms with E-state index in [0.717, 1.165) is 22.4 Å². The van der Waals surface area contributed by atoms with Gasteiger partial charge in [-0.2, -0.15) is 0 Å². The van der Waals surface area contributed by atoms with Gasteiger partial charge in [0.05, 0.1) is 19.1 Å². The zero-order valence-corrected chi connectivity index (χ0v) is 21.1. The maximum Gasteiger partial charge on any atom is 0.266 e. The quantitative estimate of drug-likeness (QED) is 0.408. The number of ether oxygens (including phenoxy) is 2. The topological polar surface area (TPSA) is 67.9 Å². The van der Waals surface area contributed by atoms with E-state index in [4.69, 9.17) is 21.7 Å². The van der Waals surface area contributed by atoms with Crippen LogP contribution in [0.1, 0.15) is 35.1 Å². The minimum Gasteiger partial charge on any atom is -0.493 e. The number of thioether (sulfide) groups is 1. The Morgan fingerprint density at radius 3 is 2.39 bits per heavy atom. The van der Waals surface area contributed by atoms with Gasteiger partial charge in [-0.3, -0.25) is 14.5 Å². The van der Waals surface area contributed by atoms with E-state index in [0.29, 0.717) is 40.1 Å². The van der Waals surface area contributed by atoms with Crippen molar-refractivity contribution >= 4 is 51.9 Å². The molecule has 0 spiro atoms. The fraction of sp³-hybridized carbons (Fsp3) is 0.320. The number of hydrogen-bond acceptors (Lipinski definition) is 6. The predicted octanol–water partition coefficient (Wildman–Crippen LogP) is 5.25. The Bertz CT molecular complexity index is 1100. The maximum atomic E-state index is 12.9. The predicted molar refractivity (Wildman–Crippen MR) is 138 cm³/mol. The molecule has 2 aromatic rings. The molecule has 1 N–H and O–H groups in total. The number of anilines is 1.